The Kier molecular flexibility index (Phi) is 3.91. The van der Waals surface area contributed by atoms with E-state index in [1.54, 1.807) is 30.2 Å². The number of amides is 1. The molecule has 25 heavy (non-hydrogen) atoms. The molecule has 8 heteroatoms. The molecule has 0 unspecified atom stereocenters. The number of rotatable bonds is 3. The van der Waals surface area contributed by atoms with E-state index in [0.29, 0.717) is 31.4 Å². The highest BCUT2D eigenvalue weighted by Crippen LogP contribution is 2.42. The van der Waals surface area contributed by atoms with Crippen molar-refractivity contribution in [1.29, 1.82) is 0 Å². The standard InChI is InChI=1S/C17H20N4O4/c1-12-18-16(25-19-12)17-6-9-24-13(17)5-8-21(11-17)15(23)10-20-7-3-2-4-14(20)22/h2-4,7,13H,5-6,8-11H2,1H3/t13-,17-/m1/s1. The van der Waals surface area contributed by atoms with E-state index in [1.807, 2.05) is 0 Å². The highest BCUT2D eigenvalue weighted by atomic mass is 16.5. The summed E-state index contributed by atoms with van der Waals surface area (Å²) in [6, 6.07) is 4.86. The Hall–Kier alpha value is -2.48. The van der Waals surface area contributed by atoms with Crippen molar-refractivity contribution in [2.75, 3.05) is 19.7 Å². The van der Waals surface area contributed by atoms with E-state index in [0.717, 1.165) is 12.8 Å². The molecule has 2 aromatic heterocycles. The maximum absolute atomic E-state index is 12.7. The first-order valence-corrected chi connectivity index (χ1v) is 8.44. The first-order valence-electron chi connectivity index (χ1n) is 8.44. The average Bonchev–Trinajstić information content (AvgIpc) is 3.23. The Morgan fingerprint density at radius 1 is 1.44 bits per heavy atom. The van der Waals surface area contributed by atoms with Crippen molar-refractivity contribution in [2.24, 2.45) is 0 Å². The molecule has 4 heterocycles. The minimum atomic E-state index is -0.448. The number of carbonyl (C=O) groups excluding carboxylic acids is 1. The first-order chi connectivity index (χ1) is 12.1. The van der Waals surface area contributed by atoms with Gasteiger partial charge in [-0.25, -0.2) is 0 Å². The minimum absolute atomic E-state index is 0.0177. The smallest absolute Gasteiger partial charge is 0.250 e. The largest absolute Gasteiger partial charge is 0.377 e. The van der Waals surface area contributed by atoms with Gasteiger partial charge in [-0.3, -0.25) is 9.59 Å². The van der Waals surface area contributed by atoms with Gasteiger partial charge in [-0.1, -0.05) is 11.2 Å². The normalized spacial score (nSPS) is 25.8. The van der Waals surface area contributed by atoms with Crippen LogP contribution in [0.3, 0.4) is 0 Å². The maximum atomic E-state index is 12.7. The van der Waals surface area contributed by atoms with Gasteiger partial charge in [0.25, 0.3) is 5.56 Å². The molecule has 0 N–H and O–H groups in total. The van der Waals surface area contributed by atoms with Crippen LogP contribution in [0.4, 0.5) is 0 Å². The predicted molar refractivity (Wildman–Crippen MR) is 87.0 cm³/mol. The van der Waals surface area contributed by atoms with E-state index < -0.39 is 5.41 Å². The van der Waals surface area contributed by atoms with Crippen LogP contribution in [0.25, 0.3) is 0 Å². The Balaban J connectivity index is 1.57. The second kappa shape index (κ2) is 6.11. The molecule has 1 amide bonds. The summed E-state index contributed by atoms with van der Waals surface area (Å²) in [6.07, 6.45) is 3.07. The van der Waals surface area contributed by atoms with Gasteiger partial charge in [0.2, 0.25) is 11.8 Å². The van der Waals surface area contributed by atoms with Crippen LogP contribution in [0.5, 0.6) is 0 Å². The summed E-state index contributed by atoms with van der Waals surface area (Å²) in [5.41, 5.74) is -0.631. The molecule has 0 radical (unpaired) electrons. The quantitative estimate of drug-likeness (QED) is 0.805. The van der Waals surface area contributed by atoms with E-state index in [-0.39, 0.29) is 24.1 Å². The Labute approximate surface area is 144 Å². The number of carbonyl (C=O) groups is 1. The van der Waals surface area contributed by atoms with Gasteiger partial charge in [-0.05, 0) is 25.8 Å². The third-order valence-electron chi connectivity index (χ3n) is 5.13. The number of hydrogen-bond donors (Lipinski definition) is 0. The third-order valence-corrected chi connectivity index (χ3v) is 5.13. The van der Waals surface area contributed by atoms with Crippen LogP contribution in [-0.2, 0) is 21.5 Å². The fourth-order valence-electron chi connectivity index (χ4n) is 3.80. The van der Waals surface area contributed by atoms with Crippen LogP contribution in [0.15, 0.2) is 33.7 Å². The summed E-state index contributed by atoms with van der Waals surface area (Å²) in [5, 5.41) is 3.91. The van der Waals surface area contributed by atoms with Crippen LogP contribution >= 0.6 is 0 Å². The van der Waals surface area contributed by atoms with Crippen molar-refractivity contribution in [2.45, 2.75) is 37.8 Å². The van der Waals surface area contributed by atoms with Gasteiger partial charge in [0, 0.05) is 32.0 Å². The van der Waals surface area contributed by atoms with Gasteiger partial charge in [-0.15, -0.1) is 0 Å². The van der Waals surface area contributed by atoms with Gasteiger partial charge in [0.1, 0.15) is 6.54 Å². The molecule has 0 aliphatic carbocycles. The zero-order valence-electron chi connectivity index (χ0n) is 14.1. The lowest BCUT2D eigenvalue weighted by atomic mass is 9.76. The lowest BCUT2D eigenvalue weighted by Crippen LogP contribution is -2.55. The van der Waals surface area contributed by atoms with Crippen LogP contribution in [0, 0.1) is 6.92 Å². The maximum Gasteiger partial charge on any atom is 0.250 e. The highest BCUT2D eigenvalue weighted by Gasteiger charge is 2.53. The number of aromatic nitrogens is 3. The first kappa shape index (κ1) is 16.0. The number of aryl methyl sites for hydroxylation is 1. The molecule has 2 aliphatic heterocycles. The number of fused-ring (bicyclic) bond motifs is 1. The van der Waals surface area contributed by atoms with Gasteiger partial charge >= 0.3 is 0 Å². The molecule has 0 spiro atoms. The Morgan fingerprint density at radius 3 is 3.08 bits per heavy atom. The zero-order chi connectivity index (χ0) is 17.4. The summed E-state index contributed by atoms with van der Waals surface area (Å²) in [7, 11) is 0. The van der Waals surface area contributed by atoms with Gasteiger partial charge in [-0.2, -0.15) is 4.98 Å². The molecular formula is C17H20N4O4. The number of nitrogens with zero attached hydrogens (tertiary/aromatic N) is 4. The van der Waals surface area contributed by atoms with E-state index in [1.165, 1.54) is 10.6 Å². The lowest BCUT2D eigenvalue weighted by Gasteiger charge is -2.41. The second-order valence-corrected chi connectivity index (χ2v) is 6.68. The lowest BCUT2D eigenvalue weighted by molar-refractivity contribution is -0.136. The van der Waals surface area contributed by atoms with E-state index in [4.69, 9.17) is 9.26 Å². The molecule has 2 aromatic rings. The SMILES string of the molecule is Cc1noc([C@@]23CCO[C@@H]2CCN(C(=O)Cn2ccccc2=O)C3)n1. The predicted octanol–water partition coefficient (Wildman–Crippen LogP) is 0.499. The van der Waals surface area contributed by atoms with Crippen LogP contribution in [0.2, 0.25) is 0 Å². The topological polar surface area (TPSA) is 90.5 Å². The summed E-state index contributed by atoms with van der Waals surface area (Å²) < 4.78 is 12.7. The molecule has 2 aliphatic rings. The van der Waals surface area contributed by atoms with Crippen molar-refractivity contribution in [3.63, 3.8) is 0 Å². The molecule has 4 rings (SSSR count). The van der Waals surface area contributed by atoms with E-state index in [9.17, 15) is 9.59 Å². The molecule has 2 saturated heterocycles. The third kappa shape index (κ3) is 2.76. The van der Waals surface area contributed by atoms with Crippen molar-refractivity contribution in [3.8, 4) is 0 Å². The number of piperidine rings is 1. The Morgan fingerprint density at radius 2 is 2.32 bits per heavy atom. The van der Waals surface area contributed by atoms with Gasteiger partial charge in [0.15, 0.2) is 5.82 Å². The van der Waals surface area contributed by atoms with E-state index >= 15 is 0 Å². The summed E-state index contributed by atoms with van der Waals surface area (Å²) >= 11 is 0. The van der Waals surface area contributed by atoms with Crippen molar-refractivity contribution < 1.29 is 14.1 Å². The number of pyridine rings is 1. The van der Waals surface area contributed by atoms with Gasteiger partial charge in [0.05, 0.1) is 11.5 Å². The van der Waals surface area contributed by atoms with Crippen molar-refractivity contribution >= 4 is 5.91 Å². The molecular weight excluding hydrogens is 324 g/mol. The molecule has 8 nitrogen and oxygen atoms in total. The molecule has 0 aromatic carbocycles. The highest BCUT2D eigenvalue weighted by molar-refractivity contribution is 5.76. The van der Waals surface area contributed by atoms with Crippen molar-refractivity contribution in [1.82, 2.24) is 19.6 Å². The van der Waals surface area contributed by atoms with Crippen LogP contribution in [0.1, 0.15) is 24.6 Å². The summed E-state index contributed by atoms with van der Waals surface area (Å²) in [4.78, 5) is 30.8. The molecule has 132 valence electrons. The molecule has 2 atom stereocenters. The zero-order valence-corrected chi connectivity index (χ0v) is 14.1. The van der Waals surface area contributed by atoms with Crippen LogP contribution in [-0.4, -0.2) is 51.3 Å². The monoisotopic (exact) mass is 344 g/mol. The average molecular weight is 344 g/mol. The molecule has 2 fully saturated rings. The summed E-state index contributed by atoms with van der Waals surface area (Å²) in [6.45, 7) is 3.50. The number of ether oxygens (including phenoxy) is 1. The van der Waals surface area contributed by atoms with Gasteiger partial charge < -0.3 is 18.7 Å². The van der Waals surface area contributed by atoms with Crippen molar-refractivity contribution in [3.05, 3.63) is 46.5 Å². The van der Waals surface area contributed by atoms with Crippen LogP contribution < -0.4 is 5.56 Å². The Bertz CT molecular complexity index is 845. The number of hydrogen-bond acceptors (Lipinski definition) is 6. The number of likely N-dealkylation sites (tertiary alicyclic amines) is 1. The fourth-order valence-corrected chi connectivity index (χ4v) is 3.80. The fraction of sp³-hybridized carbons (Fsp3) is 0.529. The molecule has 0 saturated carbocycles. The summed E-state index contributed by atoms with van der Waals surface area (Å²) in [5.74, 6) is 1.03. The minimum Gasteiger partial charge on any atom is -0.377 e. The molecule has 0 bridgehead atoms. The second-order valence-electron chi connectivity index (χ2n) is 6.68. The van der Waals surface area contributed by atoms with E-state index in [2.05, 4.69) is 10.1 Å².